The Labute approximate surface area is 148 Å². The number of Topliss-reactive ketones (excluding diaryl/α,β-unsaturated/α-hetero) is 1. The van der Waals surface area contributed by atoms with Gasteiger partial charge in [0.05, 0.1) is 25.9 Å². The summed E-state index contributed by atoms with van der Waals surface area (Å²) >= 11 is 4.54. The van der Waals surface area contributed by atoms with E-state index in [4.69, 9.17) is 4.74 Å². The number of ether oxygens (including phenoxy) is 1. The van der Waals surface area contributed by atoms with Crippen molar-refractivity contribution in [3.05, 3.63) is 61.6 Å². The largest absolute Gasteiger partial charge is 0.456 e. The molecule has 0 radical (unpaired) electrons. The molecule has 8 heteroatoms. The first-order valence-corrected chi connectivity index (χ1v) is 8.54. The van der Waals surface area contributed by atoms with E-state index in [-0.39, 0.29) is 18.9 Å². The van der Waals surface area contributed by atoms with E-state index in [1.807, 2.05) is 0 Å². The minimum absolute atomic E-state index is 0.275. The Kier molecular flexibility index (Phi) is 4.86. The van der Waals surface area contributed by atoms with Crippen LogP contribution < -0.4 is 5.56 Å². The van der Waals surface area contributed by atoms with Crippen LogP contribution in [0.25, 0.3) is 11.0 Å². The molecule has 0 bridgehead atoms. The second-order valence-corrected chi connectivity index (χ2v) is 7.32. The van der Waals surface area contributed by atoms with Gasteiger partial charge in [-0.05, 0) is 40.2 Å². The number of nitrogens with zero attached hydrogens (tertiary/aromatic N) is 2. The highest BCUT2D eigenvalue weighted by Crippen LogP contribution is 2.22. The van der Waals surface area contributed by atoms with Crippen LogP contribution in [0.15, 0.2) is 51.2 Å². The fourth-order valence-corrected chi connectivity index (χ4v) is 3.44. The average molecular weight is 407 g/mol. The highest BCUT2D eigenvalue weighted by molar-refractivity contribution is 9.11. The smallest absolute Gasteiger partial charge is 0.326 e. The third-order valence-electron chi connectivity index (χ3n) is 3.25. The monoisotopic (exact) mass is 406 g/mol. The van der Waals surface area contributed by atoms with Gasteiger partial charge in [0.25, 0.3) is 5.56 Å². The summed E-state index contributed by atoms with van der Waals surface area (Å²) < 4.78 is 7.10. The predicted molar refractivity (Wildman–Crippen MR) is 93.3 cm³/mol. The number of carbonyl (C=O) groups is 2. The molecular weight excluding hydrogens is 396 g/mol. The van der Waals surface area contributed by atoms with Crippen molar-refractivity contribution in [3.8, 4) is 0 Å². The van der Waals surface area contributed by atoms with Crippen LogP contribution in [0.2, 0.25) is 0 Å². The van der Waals surface area contributed by atoms with E-state index >= 15 is 0 Å². The summed E-state index contributed by atoms with van der Waals surface area (Å²) in [5, 5.41) is 0. The van der Waals surface area contributed by atoms with Crippen molar-refractivity contribution in [3.63, 3.8) is 0 Å². The molecule has 0 saturated carbocycles. The lowest BCUT2D eigenvalue weighted by molar-refractivity contribution is -0.143. The molecule has 0 N–H and O–H groups in total. The van der Waals surface area contributed by atoms with E-state index < -0.39 is 11.5 Å². The van der Waals surface area contributed by atoms with Crippen LogP contribution in [-0.2, 0) is 16.1 Å². The lowest BCUT2D eigenvalue weighted by atomic mass is 10.3. The lowest BCUT2D eigenvalue weighted by Gasteiger charge is -2.09. The Hall–Kier alpha value is -2.32. The molecule has 2 aromatic heterocycles. The maximum atomic E-state index is 12.0. The van der Waals surface area contributed by atoms with Crippen LogP contribution >= 0.6 is 27.3 Å². The molecule has 0 aliphatic heterocycles. The molecule has 1 aromatic carbocycles. The van der Waals surface area contributed by atoms with Crippen molar-refractivity contribution in [1.82, 2.24) is 9.55 Å². The number of thiophene rings is 1. The molecule has 6 nitrogen and oxygen atoms in total. The van der Waals surface area contributed by atoms with Crippen molar-refractivity contribution in [2.45, 2.75) is 6.54 Å². The van der Waals surface area contributed by atoms with Crippen LogP contribution in [0.1, 0.15) is 9.67 Å². The van der Waals surface area contributed by atoms with Gasteiger partial charge in [0.2, 0.25) is 5.78 Å². The molecule has 0 spiro atoms. The summed E-state index contributed by atoms with van der Waals surface area (Å²) in [5.41, 5.74) is 0.735. The van der Waals surface area contributed by atoms with Gasteiger partial charge >= 0.3 is 5.97 Å². The SMILES string of the molecule is O=C(Cn1c(=O)cnc2ccccc21)OCC(=O)c1ccc(Br)s1. The van der Waals surface area contributed by atoms with Gasteiger partial charge in [-0.2, -0.15) is 0 Å². The number of ketones is 1. The normalized spacial score (nSPS) is 10.7. The molecule has 2 heterocycles. The maximum Gasteiger partial charge on any atom is 0.326 e. The summed E-state index contributed by atoms with van der Waals surface area (Å²) in [5.74, 6) is -0.941. The molecule has 3 aromatic rings. The van der Waals surface area contributed by atoms with Crippen LogP contribution in [0.3, 0.4) is 0 Å². The number of fused-ring (bicyclic) bond motifs is 1. The third kappa shape index (κ3) is 3.60. The molecule has 0 fully saturated rings. The Bertz CT molecular complexity index is 979. The Balaban J connectivity index is 1.70. The van der Waals surface area contributed by atoms with Crippen molar-refractivity contribution < 1.29 is 14.3 Å². The number of halogens is 1. The maximum absolute atomic E-state index is 12.0. The number of carbonyl (C=O) groups excluding carboxylic acids is 2. The van der Waals surface area contributed by atoms with Crippen molar-refractivity contribution in [1.29, 1.82) is 0 Å². The molecule has 0 aliphatic rings. The first-order chi connectivity index (χ1) is 11.5. The third-order valence-corrected chi connectivity index (χ3v) is 4.92. The zero-order valence-corrected chi connectivity index (χ0v) is 14.7. The van der Waals surface area contributed by atoms with Gasteiger partial charge in [0.1, 0.15) is 6.54 Å². The fraction of sp³-hybridized carbons (Fsp3) is 0.125. The summed E-state index contributed by atoms with van der Waals surface area (Å²) in [6, 6.07) is 10.4. The number of aromatic nitrogens is 2. The van der Waals surface area contributed by atoms with Crippen LogP contribution in [0.5, 0.6) is 0 Å². The van der Waals surface area contributed by atoms with E-state index in [1.165, 1.54) is 15.9 Å². The standard InChI is InChI=1S/C16H11BrN2O4S/c17-14-6-5-13(24-14)12(20)9-23-16(22)8-19-11-4-2-1-3-10(11)18-7-15(19)21/h1-7H,8-9H2. The molecule has 122 valence electrons. The molecule has 0 saturated heterocycles. The average Bonchev–Trinajstić information content (AvgIpc) is 3.02. The fourth-order valence-electron chi connectivity index (χ4n) is 2.13. The highest BCUT2D eigenvalue weighted by atomic mass is 79.9. The topological polar surface area (TPSA) is 78.3 Å². The Morgan fingerprint density at radius 3 is 2.75 bits per heavy atom. The van der Waals surface area contributed by atoms with E-state index in [9.17, 15) is 14.4 Å². The van der Waals surface area contributed by atoms with Crippen LogP contribution in [0.4, 0.5) is 0 Å². The summed E-state index contributed by atoms with van der Waals surface area (Å²) in [6.07, 6.45) is 1.16. The van der Waals surface area contributed by atoms with E-state index in [2.05, 4.69) is 20.9 Å². The van der Waals surface area contributed by atoms with Gasteiger partial charge in [-0.15, -0.1) is 11.3 Å². The second kappa shape index (κ2) is 7.06. The summed E-state index contributed by atoms with van der Waals surface area (Å²) in [6.45, 7) is -0.632. The number of hydrogen-bond acceptors (Lipinski definition) is 6. The van der Waals surface area contributed by atoms with E-state index in [0.717, 1.165) is 9.98 Å². The van der Waals surface area contributed by atoms with E-state index in [0.29, 0.717) is 15.9 Å². The second-order valence-electron chi connectivity index (χ2n) is 4.86. The first-order valence-electron chi connectivity index (χ1n) is 6.93. The number of benzene rings is 1. The van der Waals surface area contributed by atoms with Gasteiger partial charge in [0.15, 0.2) is 6.61 Å². The van der Waals surface area contributed by atoms with Crippen molar-refractivity contribution in [2.75, 3.05) is 6.61 Å². The number of hydrogen-bond donors (Lipinski definition) is 0. The van der Waals surface area contributed by atoms with Crippen LogP contribution in [-0.4, -0.2) is 27.9 Å². The van der Waals surface area contributed by atoms with Crippen molar-refractivity contribution in [2.24, 2.45) is 0 Å². The summed E-state index contributed by atoms with van der Waals surface area (Å²) in [4.78, 5) is 40.4. The first kappa shape index (κ1) is 16.5. The van der Waals surface area contributed by atoms with Crippen molar-refractivity contribution >= 4 is 50.1 Å². The molecule has 3 rings (SSSR count). The highest BCUT2D eigenvalue weighted by Gasteiger charge is 2.14. The summed E-state index contributed by atoms with van der Waals surface area (Å²) in [7, 11) is 0. The molecule has 0 amide bonds. The zero-order valence-electron chi connectivity index (χ0n) is 12.3. The van der Waals surface area contributed by atoms with E-state index in [1.54, 1.807) is 36.4 Å². The molecule has 0 aliphatic carbocycles. The zero-order chi connectivity index (χ0) is 17.1. The number of esters is 1. The van der Waals surface area contributed by atoms with Crippen LogP contribution in [0, 0.1) is 0 Å². The minimum Gasteiger partial charge on any atom is -0.456 e. The minimum atomic E-state index is -0.655. The van der Waals surface area contributed by atoms with Gasteiger partial charge in [0, 0.05) is 0 Å². The van der Waals surface area contributed by atoms with Gasteiger partial charge in [-0.1, -0.05) is 12.1 Å². The Morgan fingerprint density at radius 2 is 2.00 bits per heavy atom. The van der Waals surface area contributed by atoms with Gasteiger partial charge < -0.3 is 4.74 Å². The number of para-hydroxylation sites is 2. The Morgan fingerprint density at radius 1 is 1.21 bits per heavy atom. The quantitative estimate of drug-likeness (QED) is 0.480. The number of rotatable bonds is 5. The lowest BCUT2D eigenvalue weighted by Crippen LogP contribution is -2.26. The molecule has 24 heavy (non-hydrogen) atoms. The molecular formula is C16H11BrN2O4S. The predicted octanol–water partition coefficient (Wildman–Crippen LogP) is 2.65. The van der Waals surface area contributed by atoms with Gasteiger partial charge in [-0.25, -0.2) is 4.98 Å². The molecule has 0 atom stereocenters. The van der Waals surface area contributed by atoms with Gasteiger partial charge in [-0.3, -0.25) is 19.0 Å². The molecule has 0 unspecified atom stereocenters.